The molecule has 26 heavy (non-hydrogen) atoms. The third-order valence-electron chi connectivity index (χ3n) is 3.54. The van der Waals surface area contributed by atoms with E-state index in [0.717, 1.165) is 0 Å². The molecule has 144 valence electrons. The van der Waals surface area contributed by atoms with Crippen LogP contribution in [0.25, 0.3) is 0 Å². The Labute approximate surface area is 154 Å². The van der Waals surface area contributed by atoms with Gasteiger partial charge in [0.05, 0.1) is 18.7 Å². The third kappa shape index (κ3) is 6.74. The van der Waals surface area contributed by atoms with Crippen LogP contribution in [-0.4, -0.2) is 43.0 Å². The lowest BCUT2D eigenvalue weighted by atomic mass is 10.0. The maximum Gasteiger partial charge on any atom is 0.255 e. The second kappa shape index (κ2) is 10.4. The SMILES string of the molecule is CCOc1ccccc1C(=O)N[C@H](C(=O)NCC(=O)NC(C)C)C(C)C. The second-order valence-corrected chi connectivity index (χ2v) is 6.56. The molecule has 0 spiro atoms. The number of hydrogen-bond donors (Lipinski definition) is 3. The summed E-state index contributed by atoms with van der Waals surface area (Å²) in [7, 11) is 0. The average Bonchev–Trinajstić information content (AvgIpc) is 2.57. The summed E-state index contributed by atoms with van der Waals surface area (Å²) in [5.74, 6) is -0.752. The first-order chi connectivity index (χ1) is 12.3. The Morgan fingerprint density at radius 2 is 1.69 bits per heavy atom. The van der Waals surface area contributed by atoms with Gasteiger partial charge in [-0.1, -0.05) is 26.0 Å². The Bertz CT molecular complexity index is 629. The van der Waals surface area contributed by atoms with Crippen LogP contribution in [0.1, 0.15) is 45.0 Å². The number of ether oxygens (including phenoxy) is 1. The second-order valence-electron chi connectivity index (χ2n) is 6.56. The highest BCUT2D eigenvalue weighted by atomic mass is 16.5. The van der Waals surface area contributed by atoms with Crippen LogP contribution in [0.5, 0.6) is 5.75 Å². The van der Waals surface area contributed by atoms with Crippen molar-refractivity contribution in [2.75, 3.05) is 13.2 Å². The molecule has 7 nitrogen and oxygen atoms in total. The molecule has 3 N–H and O–H groups in total. The number of amides is 3. The summed E-state index contributed by atoms with van der Waals surface area (Å²) in [5, 5.41) is 8.00. The molecular weight excluding hydrogens is 334 g/mol. The van der Waals surface area contributed by atoms with E-state index in [1.807, 2.05) is 34.6 Å². The number of para-hydroxylation sites is 1. The van der Waals surface area contributed by atoms with Gasteiger partial charge in [-0.3, -0.25) is 14.4 Å². The number of benzene rings is 1. The summed E-state index contributed by atoms with van der Waals surface area (Å²) in [6.45, 7) is 9.47. The number of rotatable bonds is 9. The molecule has 0 bridgehead atoms. The number of hydrogen-bond acceptors (Lipinski definition) is 4. The molecule has 1 aromatic rings. The van der Waals surface area contributed by atoms with E-state index >= 15 is 0 Å². The van der Waals surface area contributed by atoms with E-state index in [1.165, 1.54) is 0 Å². The largest absolute Gasteiger partial charge is 0.493 e. The van der Waals surface area contributed by atoms with Gasteiger partial charge in [0, 0.05) is 6.04 Å². The summed E-state index contributed by atoms with van der Waals surface area (Å²) in [6, 6.07) is 6.10. The zero-order chi connectivity index (χ0) is 19.7. The molecule has 1 rings (SSSR count). The molecule has 0 aromatic heterocycles. The van der Waals surface area contributed by atoms with Gasteiger partial charge < -0.3 is 20.7 Å². The van der Waals surface area contributed by atoms with Crippen LogP contribution >= 0.6 is 0 Å². The van der Waals surface area contributed by atoms with Crippen LogP contribution in [0, 0.1) is 5.92 Å². The molecule has 0 aliphatic carbocycles. The van der Waals surface area contributed by atoms with Gasteiger partial charge >= 0.3 is 0 Å². The van der Waals surface area contributed by atoms with Crippen molar-refractivity contribution < 1.29 is 19.1 Å². The van der Waals surface area contributed by atoms with E-state index in [9.17, 15) is 14.4 Å². The average molecular weight is 363 g/mol. The van der Waals surface area contributed by atoms with E-state index < -0.39 is 17.9 Å². The fourth-order valence-corrected chi connectivity index (χ4v) is 2.34. The molecule has 7 heteroatoms. The zero-order valence-corrected chi connectivity index (χ0v) is 16.1. The molecule has 0 saturated heterocycles. The van der Waals surface area contributed by atoms with Crippen molar-refractivity contribution in [3.8, 4) is 5.75 Å². The van der Waals surface area contributed by atoms with E-state index in [0.29, 0.717) is 17.9 Å². The molecule has 0 saturated carbocycles. The van der Waals surface area contributed by atoms with Crippen LogP contribution in [0.2, 0.25) is 0 Å². The maximum atomic E-state index is 12.6. The highest BCUT2D eigenvalue weighted by molar-refractivity contribution is 6.00. The summed E-state index contributed by atoms with van der Waals surface area (Å²) in [4.78, 5) is 36.7. The smallest absolute Gasteiger partial charge is 0.255 e. The van der Waals surface area contributed by atoms with Crippen molar-refractivity contribution in [3.05, 3.63) is 29.8 Å². The number of carbonyl (C=O) groups is 3. The number of carbonyl (C=O) groups excluding carboxylic acids is 3. The minimum Gasteiger partial charge on any atom is -0.493 e. The maximum absolute atomic E-state index is 12.6. The van der Waals surface area contributed by atoms with Gasteiger partial charge in [-0.15, -0.1) is 0 Å². The summed E-state index contributed by atoms with van der Waals surface area (Å²) in [6.07, 6.45) is 0. The topological polar surface area (TPSA) is 96.5 Å². The number of nitrogens with one attached hydrogen (secondary N) is 3. The minimum atomic E-state index is -0.760. The Morgan fingerprint density at radius 3 is 2.27 bits per heavy atom. The molecule has 0 heterocycles. The van der Waals surface area contributed by atoms with Gasteiger partial charge in [0.25, 0.3) is 5.91 Å². The summed E-state index contributed by atoms with van der Waals surface area (Å²) < 4.78 is 5.46. The van der Waals surface area contributed by atoms with Crippen molar-refractivity contribution in [2.24, 2.45) is 5.92 Å². The van der Waals surface area contributed by atoms with Crippen LogP contribution in [0.3, 0.4) is 0 Å². The lowest BCUT2D eigenvalue weighted by Gasteiger charge is -2.22. The normalized spacial score (nSPS) is 11.8. The fourth-order valence-electron chi connectivity index (χ4n) is 2.34. The fraction of sp³-hybridized carbons (Fsp3) is 0.526. The highest BCUT2D eigenvalue weighted by Crippen LogP contribution is 2.18. The summed E-state index contributed by atoms with van der Waals surface area (Å²) >= 11 is 0. The summed E-state index contributed by atoms with van der Waals surface area (Å²) in [5.41, 5.74) is 0.366. The molecule has 0 unspecified atom stereocenters. The molecule has 0 aliphatic heterocycles. The van der Waals surface area contributed by atoms with Gasteiger partial charge in [-0.05, 0) is 38.8 Å². The van der Waals surface area contributed by atoms with Crippen molar-refractivity contribution in [2.45, 2.75) is 46.7 Å². The molecule has 1 atom stereocenters. The monoisotopic (exact) mass is 363 g/mol. The van der Waals surface area contributed by atoms with Crippen molar-refractivity contribution in [1.29, 1.82) is 0 Å². The first-order valence-electron chi connectivity index (χ1n) is 8.86. The first kappa shape index (κ1) is 21.5. The van der Waals surface area contributed by atoms with Gasteiger partial charge in [0.2, 0.25) is 11.8 Å². The van der Waals surface area contributed by atoms with E-state index in [2.05, 4.69) is 16.0 Å². The van der Waals surface area contributed by atoms with Crippen molar-refractivity contribution >= 4 is 17.7 Å². The predicted octanol–water partition coefficient (Wildman–Crippen LogP) is 1.48. The minimum absolute atomic E-state index is 0.00457. The standard InChI is InChI=1S/C19H29N3O4/c1-6-26-15-10-8-7-9-14(15)18(24)22-17(12(2)3)19(25)20-11-16(23)21-13(4)5/h7-10,12-13,17H,6,11H2,1-5H3,(H,20,25)(H,21,23)(H,22,24)/t17-/m0/s1. The lowest BCUT2D eigenvalue weighted by Crippen LogP contribution is -2.51. The third-order valence-corrected chi connectivity index (χ3v) is 3.54. The quantitative estimate of drug-likeness (QED) is 0.619. The Hall–Kier alpha value is -2.57. The molecule has 1 aromatic carbocycles. The Balaban J connectivity index is 2.77. The van der Waals surface area contributed by atoms with Gasteiger partial charge in [-0.25, -0.2) is 0 Å². The highest BCUT2D eigenvalue weighted by Gasteiger charge is 2.26. The van der Waals surface area contributed by atoms with Crippen molar-refractivity contribution in [1.82, 2.24) is 16.0 Å². The zero-order valence-electron chi connectivity index (χ0n) is 16.1. The van der Waals surface area contributed by atoms with Gasteiger partial charge in [0.1, 0.15) is 11.8 Å². The van der Waals surface area contributed by atoms with E-state index in [-0.39, 0.29) is 24.4 Å². The molecular formula is C19H29N3O4. The van der Waals surface area contributed by atoms with Crippen molar-refractivity contribution in [3.63, 3.8) is 0 Å². The Kier molecular flexibility index (Phi) is 8.61. The molecule has 0 fully saturated rings. The van der Waals surface area contributed by atoms with Crippen LogP contribution in [-0.2, 0) is 9.59 Å². The van der Waals surface area contributed by atoms with Gasteiger partial charge in [0.15, 0.2) is 0 Å². The molecule has 0 aliphatic rings. The van der Waals surface area contributed by atoms with Gasteiger partial charge in [-0.2, -0.15) is 0 Å². The lowest BCUT2D eigenvalue weighted by molar-refractivity contribution is -0.128. The van der Waals surface area contributed by atoms with Crippen LogP contribution in [0.15, 0.2) is 24.3 Å². The Morgan fingerprint density at radius 1 is 1.04 bits per heavy atom. The molecule has 3 amide bonds. The molecule has 0 radical (unpaired) electrons. The van der Waals surface area contributed by atoms with E-state index in [1.54, 1.807) is 24.3 Å². The van der Waals surface area contributed by atoms with E-state index in [4.69, 9.17) is 4.74 Å². The predicted molar refractivity (Wildman–Crippen MR) is 100.0 cm³/mol. The van der Waals surface area contributed by atoms with Crippen LogP contribution in [0.4, 0.5) is 0 Å². The first-order valence-corrected chi connectivity index (χ1v) is 8.86. The van der Waals surface area contributed by atoms with Crippen LogP contribution < -0.4 is 20.7 Å².